The molecule has 2 heterocycles. The minimum absolute atomic E-state index is 0.0148. The van der Waals surface area contributed by atoms with Gasteiger partial charge in [-0.05, 0) is 30.2 Å². The molecule has 2 atom stereocenters. The molecule has 7 heteroatoms. The molecule has 3 rings (SSSR count). The second-order valence-corrected chi connectivity index (χ2v) is 5.95. The van der Waals surface area contributed by atoms with Gasteiger partial charge in [-0.2, -0.15) is 13.2 Å². The molecule has 1 saturated heterocycles. The SMILES string of the molecule is Cn1cccc1C(=O)N1C[C@@H](O)C[C@H]1c1ccccc1C(F)(F)F. The third-order valence-electron chi connectivity index (χ3n) is 4.33. The van der Waals surface area contributed by atoms with Gasteiger partial charge in [0.2, 0.25) is 0 Å². The summed E-state index contributed by atoms with van der Waals surface area (Å²) in [7, 11) is 1.69. The fraction of sp³-hybridized carbons (Fsp3) is 0.353. The van der Waals surface area contributed by atoms with Gasteiger partial charge in [0.15, 0.2) is 0 Å². The van der Waals surface area contributed by atoms with Crippen LogP contribution in [0.3, 0.4) is 0 Å². The maximum absolute atomic E-state index is 13.3. The topological polar surface area (TPSA) is 45.5 Å². The van der Waals surface area contributed by atoms with Gasteiger partial charge < -0.3 is 14.6 Å². The van der Waals surface area contributed by atoms with Crippen LogP contribution in [-0.2, 0) is 13.2 Å². The zero-order chi connectivity index (χ0) is 17.5. The largest absolute Gasteiger partial charge is 0.416 e. The number of benzene rings is 1. The fourth-order valence-electron chi connectivity index (χ4n) is 3.21. The van der Waals surface area contributed by atoms with Crippen LogP contribution in [0.2, 0.25) is 0 Å². The molecule has 2 aromatic rings. The number of aliphatic hydroxyl groups is 1. The van der Waals surface area contributed by atoms with Gasteiger partial charge in [-0.15, -0.1) is 0 Å². The third kappa shape index (κ3) is 2.91. The fourth-order valence-corrected chi connectivity index (χ4v) is 3.21. The molecule has 0 aliphatic carbocycles. The van der Waals surface area contributed by atoms with Gasteiger partial charge in [-0.25, -0.2) is 0 Å². The Morgan fingerprint density at radius 3 is 2.54 bits per heavy atom. The molecule has 1 aromatic heterocycles. The van der Waals surface area contributed by atoms with E-state index in [0.29, 0.717) is 5.69 Å². The molecule has 24 heavy (non-hydrogen) atoms. The number of hydrogen-bond donors (Lipinski definition) is 1. The molecule has 0 spiro atoms. The molecule has 1 aliphatic rings. The zero-order valence-corrected chi connectivity index (χ0v) is 13.0. The number of alkyl halides is 3. The Balaban J connectivity index is 2.01. The van der Waals surface area contributed by atoms with E-state index in [1.165, 1.54) is 23.1 Å². The molecule has 0 unspecified atom stereocenters. The van der Waals surface area contributed by atoms with Crippen molar-refractivity contribution in [2.75, 3.05) is 6.54 Å². The Bertz CT molecular complexity index is 754. The van der Waals surface area contributed by atoms with Crippen LogP contribution in [0.1, 0.15) is 34.1 Å². The Morgan fingerprint density at radius 2 is 1.92 bits per heavy atom. The minimum atomic E-state index is -4.51. The van der Waals surface area contributed by atoms with Gasteiger partial charge in [0.05, 0.1) is 17.7 Å². The lowest BCUT2D eigenvalue weighted by Crippen LogP contribution is -2.33. The van der Waals surface area contributed by atoms with E-state index in [0.717, 1.165) is 6.07 Å². The van der Waals surface area contributed by atoms with Crippen molar-refractivity contribution in [3.05, 3.63) is 59.4 Å². The average molecular weight is 338 g/mol. The molecule has 0 bridgehead atoms. The lowest BCUT2D eigenvalue weighted by Gasteiger charge is -2.27. The van der Waals surface area contributed by atoms with Crippen molar-refractivity contribution in [2.45, 2.75) is 24.7 Å². The molecule has 4 nitrogen and oxygen atoms in total. The van der Waals surface area contributed by atoms with Gasteiger partial charge in [0.1, 0.15) is 5.69 Å². The van der Waals surface area contributed by atoms with E-state index in [2.05, 4.69) is 0 Å². The number of carbonyl (C=O) groups excluding carboxylic acids is 1. The second-order valence-electron chi connectivity index (χ2n) is 5.95. The summed E-state index contributed by atoms with van der Waals surface area (Å²) in [5.74, 6) is -0.388. The average Bonchev–Trinajstić information content (AvgIpc) is 3.11. The number of aliphatic hydroxyl groups excluding tert-OH is 1. The van der Waals surface area contributed by atoms with Crippen molar-refractivity contribution in [1.82, 2.24) is 9.47 Å². The van der Waals surface area contributed by atoms with Crippen LogP contribution in [0, 0.1) is 0 Å². The van der Waals surface area contributed by atoms with Crippen molar-refractivity contribution < 1.29 is 23.1 Å². The molecule has 1 aliphatic heterocycles. The lowest BCUT2D eigenvalue weighted by atomic mass is 9.97. The lowest BCUT2D eigenvalue weighted by molar-refractivity contribution is -0.138. The summed E-state index contributed by atoms with van der Waals surface area (Å²) in [6.07, 6.45) is -3.58. The maximum Gasteiger partial charge on any atom is 0.416 e. The van der Waals surface area contributed by atoms with Crippen LogP contribution in [0.15, 0.2) is 42.6 Å². The quantitative estimate of drug-likeness (QED) is 0.915. The monoisotopic (exact) mass is 338 g/mol. The first kappa shape index (κ1) is 16.6. The highest BCUT2D eigenvalue weighted by molar-refractivity contribution is 5.93. The van der Waals surface area contributed by atoms with Crippen molar-refractivity contribution >= 4 is 5.91 Å². The maximum atomic E-state index is 13.3. The summed E-state index contributed by atoms with van der Waals surface area (Å²) < 4.78 is 41.5. The summed E-state index contributed by atoms with van der Waals surface area (Å²) in [5.41, 5.74) is -0.378. The summed E-state index contributed by atoms with van der Waals surface area (Å²) >= 11 is 0. The van der Waals surface area contributed by atoms with Crippen LogP contribution >= 0.6 is 0 Å². The normalized spacial score (nSPS) is 21.3. The zero-order valence-electron chi connectivity index (χ0n) is 13.0. The Hall–Kier alpha value is -2.28. The van der Waals surface area contributed by atoms with E-state index in [1.807, 2.05) is 0 Å². The van der Waals surface area contributed by atoms with E-state index in [1.54, 1.807) is 29.9 Å². The van der Waals surface area contributed by atoms with Crippen LogP contribution in [-0.4, -0.2) is 33.1 Å². The van der Waals surface area contributed by atoms with Crippen LogP contribution in [0.25, 0.3) is 0 Å². The van der Waals surface area contributed by atoms with E-state index >= 15 is 0 Å². The molecule has 128 valence electrons. The number of rotatable bonds is 2. The number of halogens is 3. The number of aromatic nitrogens is 1. The number of nitrogens with zero attached hydrogens (tertiary/aromatic N) is 2. The third-order valence-corrected chi connectivity index (χ3v) is 4.33. The summed E-state index contributed by atoms with van der Waals surface area (Å²) in [5, 5.41) is 9.96. The molecule has 1 aromatic carbocycles. The number of carbonyl (C=O) groups is 1. The van der Waals surface area contributed by atoms with E-state index < -0.39 is 23.9 Å². The highest BCUT2D eigenvalue weighted by Crippen LogP contribution is 2.40. The molecule has 1 fully saturated rings. The summed E-state index contributed by atoms with van der Waals surface area (Å²) in [4.78, 5) is 14.1. The first-order chi connectivity index (χ1) is 11.3. The van der Waals surface area contributed by atoms with Crippen molar-refractivity contribution in [1.29, 1.82) is 0 Å². The summed E-state index contributed by atoms with van der Waals surface area (Å²) in [6.45, 7) is 0.0148. The predicted molar refractivity (Wildman–Crippen MR) is 81.3 cm³/mol. The Kier molecular flexibility index (Phi) is 4.13. The van der Waals surface area contributed by atoms with Crippen LogP contribution < -0.4 is 0 Å². The predicted octanol–water partition coefficient (Wildman–Crippen LogP) is 2.99. The van der Waals surface area contributed by atoms with Gasteiger partial charge in [-0.1, -0.05) is 18.2 Å². The Morgan fingerprint density at radius 1 is 1.21 bits per heavy atom. The van der Waals surface area contributed by atoms with E-state index in [-0.39, 0.29) is 24.4 Å². The van der Waals surface area contributed by atoms with Gasteiger partial charge >= 0.3 is 6.18 Å². The van der Waals surface area contributed by atoms with Crippen molar-refractivity contribution in [3.63, 3.8) is 0 Å². The molecular formula is C17H17F3N2O2. The summed E-state index contributed by atoms with van der Waals surface area (Å²) in [6, 6.07) is 7.71. The van der Waals surface area contributed by atoms with Gasteiger partial charge in [-0.3, -0.25) is 4.79 Å². The molecular weight excluding hydrogens is 321 g/mol. The van der Waals surface area contributed by atoms with Crippen LogP contribution in [0.5, 0.6) is 0 Å². The van der Waals surface area contributed by atoms with E-state index in [4.69, 9.17) is 0 Å². The molecule has 1 N–H and O–H groups in total. The first-order valence-corrected chi connectivity index (χ1v) is 7.55. The first-order valence-electron chi connectivity index (χ1n) is 7.55. The van der Waals surface area contributed by atoms with Crippen LogP contribution in [0.4, 0.5) is 13.2 Å². The molecule has 0 radical (unpaired) electrons. The second kappa shape index (κ2) is 5.98. The number of β-amino-alcohol motifs (C(OH)–C–C–N with tert-alkyl or cyclic N) is 1. The smallest absolute Gasteiger partial charge is 0.391 e. The number of hydrogen-bond acceptors (Lipinski definition) is 2. The van der Waals surface area contributed by atoms with E-state index in [9.17, 15) is 23.1 Å². The van der Waals surface area contributed by atoms with Crippen molar-refractivity contribution in [3.8, 4) is 0 Å². The number of likely N-dealkylation sites (tertiary alicyclic amines) is 1. The highest BCUT2D eigenvalue weighted by Gasteiger charge is 2.41. The number of aryl methyl sites for hydroxylation is 1. The minimum Gasteiger partial charge on any atom is -0.391 e. The Labute approximate surface area is 137 Å². The number of amides is 1. The molecule has 0 saturated carbocycles. The van der Waals surface area contributed by atoms with Gasteiger partial charge in [0, 0.05) is 19.8 Å². The van der Waals surface area contributed by atoms with Gasteiger partial charge in [0.25, 0.3) is 5.91 Å². The highest BCUT2D eigenvalue weighted by atomic mass is 19.4. The van der Waals surface area contributed by atoms with Crippen molar-refractivity contribution in [2.24, 2.45) is 7.05 Å². The standard InChI is InChI=1S/C17H17F3N2O2/c1-21-8-4-7-14(21)16(24)22-10-11(23)9-15(22)12-5-2-3-6-13(12)17(18,19)20/h2-8,11,15,23H,9-10H2,1H3/t11-,15-/m0/s1. The molecule has 1 amide bonds.